The number of amides is 3. The number of phenols is 1. The van der Waals surface area contributed by atoms with Crippen molar-refractivity contribution in [3.05, 3.63) is 82.9 Å². The Labute approximate surface area is 228 Å². The first kappa shape index (κ1) is 26.3. The molecule has 3 amide bonds. The summed E-state index contributed by atoms with van der Waals surface area (Å²) in [5, 5.41) is 16.3. The van der Waals surface area contributed by atoms with E-state index < -0.39 is 0 Å². The molecule has 5 rings (SSSR count). The van der Waals surface area contributed by atoms with E-state index in [9.17, 15) is 19.5 Å². The van der Waals surface area contributed by atoms with Crippen LogP contribution in [0.3, 0.4) is 0 Å². The van der Waals surface area contributed by atoms with Gasteiger partial charge in [-0.05, 0) is 91.3 Å². The number of nitrogens with zero attached hydrogens (tertiary/aromatic N) is 1. The highest BCUT2D eigenvalue weighted by molar-refractivity contribution is 5.97. The largest absolute Gasteiger partial charge is 0.507 e. The molecule has 2 heterocycles. The molecule has 0 spiro atoms. The predicted octanol–water partition coefficient (Wildman–Crippen LogP) is 3.71. The van der Waals surface area contributed by atoms with Crippen molar-refractivity contribution in [3.8, 4) is 22.6 Å². The van der Waals surface area contributed by atoms with Crippen LogP contribution in [-0.4, -0.2) is 60.5 Å². The van der Waals surface area contributed by atoms with Gasteiger partial charge in [-0.2, -0.15) is 0 Å². The number of nitrogens with one attached hydrogen (secondary N) is 2. The van der Waals surface area contributed by atoms with Crippen molar-refractivity contribution < 1.29 is 24.2 Å². The summed E-state index contributed by atoms with van der Waals surface area (Å²) in [6.45, 7) is 1.86. The Morgan fingerprint density at radius 2 is 1.74 bits per heavy atom. The van der Waals surface area contributed by atoms with Gasteiger partial charge in [0.25, 0.3) is 11.8 Å². The molecule has 8 nitrogen and oxygen atoms in total. The van der Waals surface area contributed by atoms with Crippen molar-refractivity contribution in [2.24, 2.45) is 0 Å². The zero-order valence-electron chi connectivity index (χ0n) is 21.9. The van der Waals surface area contributed by atoms with Gasteiger partial charge in [-0.3, -0.25) is 14.4 Å². The quantitative estimate of drug-likeness (QED) is 0.447. The molecule has 0 radical (unpaired) electrons. The highest BCUT2D eigenvalue weighted by atomic mass is 16.5. The number of phenolic OH excluding ortho intramolecular Hbond substituents is 1. The molecule has 0 atom stereocenters. The second-order valence-corrected chi connectivity index (χ2v) is 10.00. The molecule has 0 saturated heterocycles. The molecule has 0 saturated carbocycles. The number of aryl methyl sites for hydroxylation is 1. The molecule has 0 aromatic heterocycles. The fourth-order valence-corrected chi connectivity index (χ4v) is 5.03. The number of carbonyl (C=O) groups excluding carboxylic acids is 3. The highest BCUT2D eigenvalue weighted by Crippen LogP contribution is 2.31. The third-order valence-electron chi connectivity index (χ3n) is 7.15. The number of ether oxygens (including phenoxy) is 1. The molecule has 3 aromatic carbocycles. The molecule has 39 heavy (non-hydrogen) atoms. The van der Waals surface area contributed by atoms with Gasteiger partial charge in [0, 0.05) is 36.3 Å². The van der Waals surface area contributed by atoms with E-state index in [-0.39, 0.29) is 30.0 Å². The topological polar surface area (TPSA) is 108 Å². The monoisotopic (exact) mass is 527 g/mol. The number of hydrogen-bond donors (Lipinski definition) is 3. The third kappa shape index (κ3) is 6.39. The first-order valence-electron chi connectivity index (χ1n) is 13.5. The maximum atomic E-state index is 13.5. The van der Waals surface area contributed by atoms with Crippen molar-refractivity contribution in [2.45, 2.75) is 32.1 Å². The maximum absolute atomic E-state index is 13.5. The van der Waals surface area contributed by atoms with Gasteiger partial charge in [0.1, 0.15) is 11.5 Å². The fourth-order valence-electron chi connectivity index (χ4n) is 5.03. The van der Waals surface area contributed by atoms with Crippen LogP contribution in [-0.2, 0) is 17.6 Å². The van der Waals surface area contributed by atoms with Gasteiger partial charge in [0.2, 0.25) is 5.91 Å². The van der Waals surface area contributed by atoms with Gasteiger partial charge < -0.3 is 25.4 Å². The van der Waals surface area contributed by atoms with Crippen molar-refractivity contribution in [1.82, 2.24) is 15.5 Å². The Balaban J connectivity index is 1.35. The molecule has 2 aliphatic rings. The van der Waals surface area contributed by atoms with E-state index in [0.717, 1.165) is 35.3 Å². The summed E-state index contributed by atoms with van der Waals surface area (Å²) in [6.07, 6.45) is 3.61. The number of fused-ring (bicyclic) bond motifs is 6. The molecule has 8 heteroatoms. The summed E-state index contributed by atoms with van der Waals surface area (Å²) in [5.74, 6) is 0.312. The van der Waals surface area contributed by atoms with E-state index in [0.29, 0.717) is 62.2 Å². The zero-order chi connectivity index (χ0) is 27.2. The summed E-state index contributed by atoms with van der Waals surface area (Å²) < 4.78 is 5.68. The van der Waals surface area contributed by atoms with E-state index in [1.807, 2.05) is 30.3 Å². The standard InChI is InChI=1S/C31H33N3O5/c35-27-10-8-21-12-14-32-29(36)20-34(31(38)25-9-11-28-23(19-25)7-4-16-39-28)15-2-1-13-33-30(37)24-6-3-5-22(18-24)26(27)17-21/h3,5-6,8-11,17-19,35H,1-2,4,7,12-16,20H2,(H,32,36)(H,33,37). The Kier molecular flexibility index (Phi) is 8.10. The van der Waals surface area contributed by atoms with E-state index in [2.05, 4.69) is 10.6 Å². The number of carbonyl (C=O) groups is 3. The molecule has 0 fully saturated rings. The van der Waals surface area contributed by atoms with Gasteiger partial charge in [-0.15, -0.1) is 0 Å². The van der Waals surface area contributed by atoms with Crippen LogP contribution in [0.15, 0.2) is 60.7 Å². The van der Waals surface area contributed by atoms with E-state index in [1.54, 1.807) is 35.2 Å². The first-order chi connectivity index (χ1) is 19.0. The Morgan fingerprint density at radius 3 is 2.64 bits per heavy atom. The minimum absolute atomic E-state index is 0.0514. The lowest BCUT2D eigenvalue weighted by molar-refractivity contribution is -0.121. The number of benzene rings is 3. The van der Waals surface area contributed by atoms with Gasteiger partial charge in [0.05, 0.1) is 13.2 Å². The summed E-state index contributed by atoms with van der Waals surface area (Å²) in [6, 6.07) is 17.9. The molecule has 3 N–H and O–H groups in total. The van der Waals surface area contributed by atoms with Gasteiger partial charge in [-0.1, -0.05) is 18.2 Å². The summed E-state index contributed by atoms with van der Waals surface area (Å²) in [7, 11) is 0. The Hall–Kier alpha value is -4.33. The number of rotatable bonds is 1. The molecular weight excluding hydrogens is 494 g/mol. The average molecular weight is 528 g/mol. The lowest BCUT2D eigenvalue weighted by Gasteiger charge is -2.24. The highest BCUT2D eigenvalue weighted by Gasteiger charge is 2.21. The van der Waals surface area contributed by atoms with Gasteiger partial charge in [0.15, 0.2) is 0 Å². The smallest absolute Gasteiger partial charge is 0.254 e. The van der Waals surface area contributed by atoms with Crippen LogP contribution in [0.4, 0.5) is 0 Å². The lowest BCUT2D eigenvalue weighted by atomic mass is 9.98. The second kappa shape index (κ2) is 12.0. The maximum Gasteiger partial charge on any atom is 0.254 e. The van der Waals surface area contributed by atoms with Crippen molar-refractivity contribution in [1.29, 1.82) is 0 Å². The fraction of sp³-hybridized carbons (Fsp3) is 0.323. The Morgan fingerprint density at radius 1 is 0.872 bits per heavy atom. The van der Waals surface area contributed by atoms with Crippen LogP contribution < -0.4 is 15.4 Å². The second-order valence-electron chi connectivity index (χ2n) is 10.00. The minimum Gasteiger partial charge on any atom is -0.507 e. The van der Waals surface area contributed by atoms with Crippen molar-refractivity contribution in [3.63, 3.8) is 0 Å². The first-order valence-corrected chi connectivity index (χ1v) is 13.5. The molecule has 4 bridgehead atoms. The molecule has 0 aliphatic carbocycles. The van der Waals surface area contributed by atoms with E-state index in [4.69, 9.17) is 4.74 Å². The summed E-state index contributed by atoms with van der Waals surface area (Å²) in [4.78, 5) is 40.7. The minimum atomic E-state index is -0.231. The summed E-state index contributed by atoms with van der Waals surface area (Å²) >= 11 is 0. The normalized spacial score (nSPS) is 16.6. The van der Waals surface area contributed by atoms with E-state index >= 15 is 0 Å². The van der Waals surface area contributed by atoms with Gasteiger partial charge >= 0.3 is 0 Å². The molecule has 202 valence electrons. The van der Waals surface area contributed by atoms with Crippen LogP contribution in [0.5, 0.6) is 11.5 Å². The predicted molar refractivity (Wildman–Crippen MR) is 148 cm³/mol. The molecule has 2 aliphatic heterocycles. The number of aromatic hydroxyl groups is 1. The van der Waals surface area contributed by atoms with Crippen molar-refractivity contribution >= 4 is 17.7 Å². The summed E-state index contributed by atoms with van der Waals surface area (Å²) in [5.41, 5.74) is 4.37. The molecule has 3 aromatic rings. The molecular formula is C31H33N3O5. The van der Waals surface area contributed by atoms with Gasteiger partial charge in [-0.25, -0.2) is 0 Å². The van der Waals surface area contributed by atoms with Crippen LogP contribution >= 0.6 is 0 Å². The van der Waals surface area contributed by atoms with Crippen LogP contribution in [0, 0.1) is 0 Å². The van der Waals surface area contributed by atoms with Crippen LogP contribution in [0.25, 0.3) is 11.1 Å². The van der Waals surface area contributed by atoms with Crippen LogP contribution in [0.1, 0.15) is 51.1 Å². The third-order valence-corrected chi connectivity index (χ3v) is 7.15. The van der Waals surface area contributed by atoms with Crippen LogP contribution in [0.2, 0.25) is 0 Å². The SMILES string of the molecule is O=C1CN(C(=O)c2ccc3c(c2)CCCO3)CCCCNC(=O)c2cccc(c2)-c2cc(ccc2O)CCN1. The Bertz CT molecular complexity index is 1390. The lowest BCUT2D eigenvalue weighted by Crippen LogP contribution is -2.42. The van der Waals surface area contributed by atoms with E-state index in [1.165, 1.54) is 0 Å². The molecule has 0 unspecified atom stereocenters. The van der Waals surface area contributed by atoms with Crippen molar-refractivity contribution in [2.75, 3.05) is 32.8 Å². The zero-order valence-corrected chi connectivity index (χ0v) is 21.9. The number of hydrogen-bond acceptors (Lipinski definition) is 5. The average Bonchev–Trinajstić information content (AvgIpc) is 2.96.